The number of phenolic OH excluding ortho intramolecular Hbond substituents is 1. The van der Waals surface area contributed by atoms with Gasteiger partial charge in [-0.3, -0.25) is 4.79 Å². The molecule has 1 amide bonds. The van der Waals surface area contributed by atoms with E-state index in [9.17, 15) is 9.90 Å². The van der Waals surface area contributed by atoms with E-state index in [1.165, 1.54) is 35.1 Å². The third-order valence-electron chi connectivity index (χ3n) is 3.80. The molecule has 0 fully saturated rings. The fraction of sp³-hybridized carbons (Fsp3) is 0.235. The Labute approximate surface area is 158 Å². The number of phenols is 1. The number of halogens is 1. The summed E-state index contributed by atoms with van der Waals surface area (Å²) in [5.41, 5.74) is 1.43. The standard InChI is InChI=1S/C17H16ClN3O2S2/c1-8-9(2)24-16-14(8)17(20-7-19-16)25-10(3)15(23)21-12-6-11(18)4-5-13(12)22/h4-7,10,22H,1-3H3,(H,21,23). The number of thiophene rings is 1. The summed E-state index contributed by atoms with van der Waals surface area (Å²) in [6.45, 7) is 5.88. The lowest BCUT2D eigenvalue weighted by Crippen LogP contribution is -2.22. The summed E-state index contributed by atoms with van der Waals surface area (Å²) in [6, 6.07) is 4.52. The molecule has 2 heterocycles. The number of aromatic nitrogens is 2. The number of amides is 1. The third kappa shape index (κ3) is 3.73. The Kier molecular flexibility index (Phi) is 5.17. The molecule has 1 unspecified atom stereocenters. The van der Waals surface area contributed by atoms with Gasteiger partial charge in [0.15, 0.2) is 0 Å². The Hall–Kier alpha value is -1.83. The number of thioether (sulfide) groups is 1. The maximum absolute atomic E-state index is 12.5. The predicted octanol–water partition coefficient (Wildman–Crippen LogP) is 4.79. The second-order valence-corrected chi connectivity index (χ2v) is 8.52. The summed E-state index contributed by atoms with van der Waals surface area (Å²) >= 11 is 8.90. The van der Waals surface area contributed by atoms with Crippen molar-refractivity contribution in [3.63, 3.8) is 0 Å². The van der Waals surface area contributed by atoms with Crippen LogP contribution in [-0.2, 0) is 4.79 Å². The van der Waals surface area contributed by atoms with Crippen LogP contribution in [0.1, 0.15) is 17.4 Å². The van der Waals surface area contributed by atoms with Gasteiger partial charge >= 0.3 is 0 Å². The molecule has 5 nitrogen and oxygen atoms in total. The van der Waals surface area contributed by atoms with Crippen LogP contribution in [-0.4, -0.2) is 26.2 Å². The average molecular weight is 394 g/mol. The number of nitrogens with one attached hydrogen (secondary N) is 1. The molecule has 1 aromatic carbocycles. The predicted molar refractivity (Wildman–Crippen MR) is 104 cm³/mol. The second-order valence-electron chi connectivity index (χ2n) is 5.55. The normalized spacial score (nSPS) is 12.3. The van der Waals surface area contributed by atoms with E-state index in [1.807, 2.05) is 13.8 Å². The molecule has 2 aromatic heterocycles. The Morgan fingerprint density at radius 2 is 2.12 bits per heavy atom. The monoisotopic (exact) mass is 393 g/mol. The molecule has 2 N–H and O–H groups in total. The van der Waals surface area contributed by atoms with Crippen molar-refractivity contribution in [1.82, 2.24) is 9.97 Å². The van der Waals surface area contributed by atoms with Gasteiger partial charge in [0.1, 0.15) is 21.9 Å². The van der Waals surface area contributed by atoms with Gasteiger partial charge in [-0.05, 0) is 44.5 Å². The van der Waals surface area contributed by atoms with Crippen LogP contribution in [0.2, 0.25) is 5.02 Å². The van der Waals surface area contributed by atoms with Gasteiger partial charge in [-0.15, -0.1) is 11.3 Å². The van der Waals surface area contributed by atoms with Crippen LogP contribution in [0.4, 0.5) is 5.69 Å². The van der Waals surface area contributed by atoms with Crippen LogP contribution in [0, 0.1) is 13.8 Å². The number of anilines is 1. The molecule has 8 heteroatoms. The first-order valence-electron chi connectivity index (χ1n) is 7.53. The minimum absolute atomic E-state index is 0.0244. The fourth-order valence-corrected chi connectivity index (χ4v) is 4.51. The van der Waals surface area contributed by atoms with Gasteiger partial charge < -0.3 is 10.4 Å². The van der Waals surface area contributed by atoms with Crippen LogP contribution in [0.3, 0.4) is 0 Å². The summed E-state index contributed by atoms with van der Waals surface area (Å²) < 4.78 is 0. The first-order valence-corrected chi connectivity index (χ1v) is 9.61. The molecule has 0 radical (unpaired) electrons. The summed E-state index contributed by atoms with van der Waals surface area (Å²) in [5, 5.41) is 14.4. The molecule has 0 spiro atoms. The molecule has 0 saturated carbocycles. The summed E-state index contributed by atoms with van der Waals surface area (Å²) in [6.07, 6.45) is 1.52. The zero-order valence-corrected chi connectivity index (χ0v) is 16.2. The SMILES string of the molecule is Cc1sc2ncnc(SC(C)C(=O)Nc3cc(Cl)ccc3O)c2c1C. The Bertz CT molecular complexity index is 958. The number of aromatic hydroxyl groups is 1. The minimum Gasteiger partial charge on any atom is -0.506 e. The first-order chi connectivity index (χ1) is 11.9. The largest absolute Gasteiger partial charge is 0.506 e. The molecule has 3 aromatic rings. The topological polar surface area (TPSA) is 75.1 Å². The maximum Gasteiger partial charge on any atom is 0.237 e. The van der Waals surface area contributed by atoms with Crippen molar-refractivity contribution in [2.45, 2.75) is 31.0 Å². The highest BCUT2D eigenvalue weighted by molar-refractivity contribution is 8.00. The van der Waals surface area contributed by atoms with Crippen molar-refractivity contribution in [3.05, 3.63) is 40.0 Å². The van der Waals surface area contributed by atoms with E-state index in [0.29, 0.717) is 10.7 Å². The molecule has 3 rings (SSSR count). The number of benzene rings is 1. The van der Waals surface area contributed by atoms with Crippen LogP contribution < -0.4 is 5.32 Å². The quantitative estimate of drug-likeness (QED) is 0.378. The number of carbonyl (C=O) groups excluding carboxylic acids is 1. The molecule has 0 aliphatic heterocycles. The van der Waals surface area contributed by atoms with E-state index in [1.54, 1.807) is 24.3 Å². The molecule has 1 atom stereocenters. The van der Waals surface area contributed by atoms with Gasteiger partial charge in [-0.1, -0.05) is 23.4 Å². The lowest BCUT2D eigenvalue weighted by atomic mass is 10.2. The number of carbonyl (C=O) groups is 1. The molecule has 0 aliphatic rings. The molecular weight excluding hydrogens is 378 g/mol. The highest BCUT2D eigenvalue weighted by Gasteiger charge is 2.20. The van der Waals surface area contributed by atoms with Crippen molar-refractivity contribution >= 4 is 56.5 Å². The van der Waals surface area contributed by atoms with Gasteiger partial charge in [0.2, 0.25) is 5.91 Å². The van der Waals surface area contributed by atoms with Crippen LogP contribution in [0.15, 0.2) is 29.6 Å². The highest BCUT2D eigenvalue weighted by atomic mass is 35.5. The zero-order chi connectivity index (χ0) is 18.1. The number of hydrogen-bond donors (Lipinski definition) is 2. The van der Waals surface area contributed by atoms with Gasteiger partial charge in [-0.25, -0.2) is 9.97 Å². The Morgan fingerprint density at radius 1 is 1.36 bits per heavy atom. The van der Waals surface area contributed by atoms with Gasteiger partial charge in [-0.2, -0.15) is 0 Å². The van der Waals surface area contributed by atoms with Gasteiger partial charge in [0.05, 0.1) is 10.9 Å². The van der Waals surface area contributed by atoms with Crippen molar-refractivity contribution in [2.24, 2.45) is 0 Å². The Balaban J connectivity index is 1.81. The molecule has 0 bridgehead atoms. The van der Waals surface area contributed by atoms with E-state index < -0.39 is 5.25 Å². The van der Waals surface area contributed by atoms with Crippen molar-refractivity contribution in [1.29, 1.82) is 0 Å². The number of nitrogens with zero attached hydrogens (tertiary/aromatic N) is 2. The fourth-order valence-electron chi connectivity index (χ4n) is 2.30. The van der Waals surface area contributed by atoms with Crippen LogP contribution in [0.25, 0.3) is 10.2 Å². The lowest BCUT2D eigenvalue weighted by molar-refractivity contribution is -0.115. The molecule has 130 valence electrons. The summed E-state index contributed by atoms with van der Waals surface area (Å²) in [7, 11) is 0. The van der Waals surface area contributed by atoms with E-state index in [2.05, 4.69) is 15.3 Å². The molecule has 0 aliphatic carbocycles. The number of rotatable bonds is 4. The smallest absolute Gasteiger partial charge is 0.237 e. The van der Waals surface area contributed by atoms with Crippen LogP contribution in [0.5, 0.6) is 5.75 Å². The number of fused-ring (bicyclic) bond motifs is 1. The Morgan fingerprint density at radius 3 is 2.88 bits per heavy atom. The maximum atomic E-state index is 12.5. The van der Waals surface area contributed by atoms with Gasteiger partial charge in [0.25, 0.3) is 0 Å². The van der Waals surface area contributed by atoms with E-state index in [0.717, 1.165) is 20.8 Å². The summed E-state index contributed by atoms with van der Waals surface area (Å²) in [5.74, 6) is -0.261. The second kappa shape index (κ2) is 7.19. The highest BCUT2D eigenvalue weighted by Crippen LogP contribution is 2.36. The zero-order valence-electron chi connectivity index (χ0n) is 13.8. The van der Waals surface area contributed by atoms with Crippen molar-refractivity contribution in [2.75, 3.05) is 5.32 Å². The van der Waals surface area contributed by atoms with Crippen LogP contribution >= 0.6 is 34.7 Å². The van der Waals surface area contributed by atoms with E-state index in [-0.39, 0.29) is 11.7 Å². The minimum atomic E-state index is -0.406. The first kappa shape index (κ1) is 18.0. The van der Waals surface area contributed by atoms with Crippen molar-refractivity contribution in [3.8, 4) is 5.75 Å². The number of hydrogen-bond acceptors (Lipinski definition) is 6. The summed E-state index contributed by atoms with van der Waals surface area (Å²) in [4.78, 5) is 23.3. The molecular formula is C17H16ClN3O2S2. The van der Waals surface area contributed by atoms with Crippen molar-refractivity contribution < 1.29 is 9.90 Å². The average Bonchev–Trinajstić information content (AvgIpc) is 2.86. The van der Waals surface area contributed by atoms with E-state index >= 15 is 0 Å². The molecule has 25 heavy (non-hydrogen) atoms. The number of aryl methyl sites for hydroxylation is 2. The molecule has 0 saturated heterocycles. The lowest BCUT2D eigenvalue weighted by Gasteiger charge is -2.13. The third-order valence-corrected chi connectivity index (χ3v) is 6.26. The van der Waals surface area contributed by atoms with Gasteiger partial charge in [0, 0.05) is 15.3 Å². The van der Waals surface area contributed by atoms with E-state index in [4.69, 9.17) is 11.6 Å².